The van der Waals surface area contributed by atoms with Crippen molar-refractivity contribution in [3.8, 4) is 0 Å². The fourth-order valence-corrected chi connectivity index (χ4v) is 3.03. The van der Waals surface area contributed by atoms with Crippen LogP contribution in [0.3, 0.4) is 0 Å². The lowest BCUT2D eigenvalue weighted by Crippen LogP contribution is -2.47. The van der Waals surface area contributed by atoms with Crippen LogP contribution in [0.4, 0.5) is 9.18 Å². The van der Waals surface area contributed by atoms with E-state index in [1.165, 1.54) is 12.1 Å². The van der Waals surface area contributed by atoms with Crippen LogP contribution in [0.2, 0.25) is 0 Å². The molecular formula is C18H24FN3O2. The summed E-state index contributed by atoms with van der Waals surface area (Å²) < 4.78 is 13.3. The molecule has 24 heavy (non-hydrogen) atoms. The van der Waals surface area contributed by atoms with E-state index in [0.29, 0.717) is 32.0 Å². The normalized spacial score (nSPS) is 19.7. The SMILES string of the molecule is CC(NC(=O)C1CCN(C(=O)NC2CC2)CC1)c1cccc(F)c1. The summed E-state index contributed by atoms with van der Waals surface area (Å²) in [5.74, 6) is -0.413. The minimum Gasteiger partial charge on any atom is -0.349 e. The Morgan fingerprint density at radius 3 is 2.54 bits per heavy atom. The fourth-order valence-electron chi connectivity index (χ4n) is 3.03. The maximum Gasteiger partial charge on any atom is 0.317 e. The van der Waals surface area contributed by atoms with Gasteiger partial charge in [0.25, 0.3) is 0 Å². The van der Waals surface area contributed by atoms with Gasteiger partial charge in [-0.05, 0) is 50.3 Å². The lowest BCUT2D eigenvalue weighted by molar-refractivity contribution is -0.126. The standard InChI is InChI=1S/C18H24FN3O2/c1-12(14-3-2-4-15(19)11-14)20-17(23)13-7-9-22(10-8-13)18(24)21-16-5-6-16/h2-4,11-13,16H,5-10H2,1H3,(H,20,23)(H,21,24). The Labute approximate surface area is 141 Å². The van der Waals surface area contributed by atoms with Crippen LogP contribution in [0.15, 0.2) is 24.3 Å². The monoisotopic (exact) mass is 333 g/mol. The molecule has 1 heterocycles. The van der Waals surface area contributed by atoms with Crippen LogP contribution in [0.25, 0.3) is 0 Å². The zero-order chi connectivity index (χ0) is 17.1. The van der Waals surface area contributed by atoms with E-state index in [-0.39, 0.29) is 29.7 Å². The summed E-state index contributed by atoms with van der Waals surface area (Å²) in [5, 5.41) is 5.93. The summed E-state index contributed by atoms with van der Waals surface area (Å²) in [6, 6.07) is 6.39. The third kappa shape index (κ3) is 4.24. The number of amides is 3. The molecule has 0 bridgehead atoms. The van der Waals surface area contributed by atoms with Crippen molar-refractivity contribution in [2.45, 2.75) is 44.7 Å². The van der Waals surface area contributed by atoms with Gasteiger partial charge in [-0.1, -0.05) is 12.1 Å². The number of carbonyl (C=O) groups is 2. The summed E-state index contributed by atoms with van der Waals surface area (Å²) in [6.07, 6.45) is 3.48. The van der Waals surface area contributed by atoms with E-state index in [4.69, 9.17) is 0 Å². The molecule has 1 saturated carbocycles. The third-order valence-corrected chi connectivity index (χ3v) is 4.77. The molecule has 2 aliphatic rings. The van der Waals surface area contributed by atoms with Crippen molar-refractivity contribution in [2.24, 2.45) is 5.92 Å². The van der Waals surface area contributed by atoms with Crippen molar-refractivity contribution >= 4 is 11.9 Å². The van der Waals surface area contributed by atoms with E-state index < -0.39 is 0 Å². The van der Waals surface area contributed by atoms with Crippen molar-refractivity contribution in [1.82, 2.24) is 15.5 Å². The molecule has 1 aliphatic carbocycles. The van der Waals surface area contributed by atoms with E-state index in [1.54, 1.807) is 17.0 Å². The highest BCUT2D eigenvalue weighted by molar-refractivity contribution is 5.80. The second-order valence-electron chi connectivity index (χ2n) is 6.77. The smallest absolute Gasteiger partial charge is 0.317 e. The summed E-state index contributed by atoms with van der Waals surface area (Å²) in [4.78, 5) is 26.2. The van der Waals surface area contributed by atoms with Gasteiger partial charge in [-0.15, -0.1) is 0 Å². The van der Waals surface area contributed by atoms with Gasteiger partial charge < -0.3 is 15.5 Å². The van der Waals surface area contributed by atoms with Crippen LogP contribution in [-0.2, 0) is 4.79 Å². The summed E-state index contributed by atoms with van der Waals surface area (Å²) >= 11 is 0. The maximum atomic E-state index is 13.3. The van der Waals surface area contributed by atoms with Crippen molar-refractivity contribution < 1.29 is 14.0 Å². The molecule has 6 heteroatoms. The van der Waals surface area contributed by atoms with Crippen LogP contribution in [-0.4, -0.2) is 36.0 Å². The van der Waals surface area contributed by atoms with Crippen molar-refractivity contribution in [3.63, 3.8) is 0 Å². The molecule has 0 radical (unpaired) electrons. The molecule has 5 nitrogen and oxygen atoms in total. The van der Waals surface area contributed by atoms with Crippen molar-refractivity contribution in [3.05, 3.63) is 35.6 Å². The number of likely N-dealkylation sites (tertiary alicyclic amines) is 1. The van der Waals surface area contributed by atoms with E-state index in [0.717, 1.165) is 18.4 Å². The first-order valence-corrected chi connectivity index (χ1v) is 8.64. The van der Waals surface area contributed by atoms with Crippen molar-refractivity contribution in [1.29, 1.82) is 0 Å². The number of urea groups is 1. The predicted octanol–water partition coefficient (Wildman–Crippen LogP) is 2.59. The summed E-state index contributed by atoms with van der Waals surface area (Å²) in [7, 11) is 0. The molecule has 130 valence electrons. The van der Waals surface area contributed by atoms with Gasteiger partial charge in [-0.2, -0.15) is 0 Å². The number of benzene rings is 1. The summed E-state index contributed by atoms with van der Waals surface area (Å²) in [5.41, 5.74) is 0.754. The molecule has 1 aromatic carbocycles. The molecular weight excluding hydrogens is 309 g/mol. The van der Waals surface area contributed by atoms with Gasteiger partial charge in [-0.25, -0.2) is 9.18 Å². The van der Waals surface area contributed by atoms with Crippen molar-refractivity contribution in [2.75, 3.05) is 13.1 Å². The highest BCUT2D eigenvalue weighted by Gasteiger charge is 2.30. The fraction of sp³-hybridized carbons (Fsp3) is 0.556. The van der Waals surface area contributed by atoms with Crippen LogP contribution >= 0.6 is 0 Å². The first-order chi connectivity index (χ1) is 11.5. The molecule has 1 aliphatic heterocycles. The Kier molecular flexibility index (Phi) is 5.02. The molecule has 1 aromatic rings. The van der Waals surface area contributed by atoms with Gasteiger partial charge in [0.05, 0.1) is 6.04 Å². The molecule has 0 spiro atoms. The average Bonchev–Trinajstić information content (AvgIpc) is 3.39. The second-order valence-corrected chi connectivity index (χ2v) is 6.77. The molecule has 1 unspecified atom stereocenters. The number of hydrogen-bond acceptors (Lipinski definition) is 2. The second kappa shape index (κ2) is 7.20. The van der Waals surface area contributed by atoms with Gasteiger partial charge in [0.2, 0.25) is 5.91 Å². The van der Waals surface area contributed by atoms with Gasteiger partial charge in [-0.3, -0.25) is 4.79 Å². The minimum atomic E-state index is -0.302. The highest BCUT2D eigenvalue weighted by atomic mass is 19.1. The van der Waals surface area contributed by atoms with E-state index >= 15 is 0 Å². The first kappa shape index (κ1) is 16.7. The Morgan fingerprint density at radius 2 is 1.92 bits per heavy atom. The lowest BCUT2D eigenvalue weighted by Gasteiger charge is -2.32. The zero-order valence-electron chi connectivity index (χ0n) is 13.9. The molecule has 3 amide bonds. The van der Waals surface area contributed by atoms with Gasteiger partial charge in [0.15, 0.2) is 0 Å². The molecule has 1 saturated heterocycles. The Balaban J connectivity index is 1.47. The van der Waals surface area contributed by atoms with E-state index in [1.807, 2.05) is 6.92 Å². The predicted molar refractivity (Wildman–Crippen MR) is 88.8 cm³/mol. The largest absolute Gasteiger partial charge is 0.349 e. The molecule has 3 rings (SSSR count). The highest BCUT2D eigenvalue weighted by Crippen LogP contribution is 2.22. The van der Waals surface area contributed by atoms with Crippen LogP contribution < -0.4 is 10.6 Å². The lowest BCUT2D eigenvalue weighted by atomic mass is 9.95. The number of piperidine rings is 1. The zero-order valence-corrected chi connectivity index (χ0v) is 13.9. The average molecular weight is 333 g/mol. The van der Waals surface area contributed by atoms with Gasteiger partial charge >= 0.3 is 6.03 Å². The molecule has 2 fully saturated rings. The van der Waals surface area contributed by atoms with E-state index in [2.05, 4.69) is 10.6 Å². The molecule has 0 aromatic heterocycles. The Hall–Kier alpha value is -2.11. The van der Waals surface area contributed by atoms with Gasteiger partial charge in [0, 0.05) is 25.0 Å². The number of carbonyl (C=O) groups excluding carboxylic acids is 2. The van der Waals surface area contributed by atoms with Gasteiger partial charge in [0.1, 0.15) is 5.82 Å². The quantitative estimate of drug-likeness (QED) is 0.890. The summed E-state index contributed by atoms with van der Waals surface area (Å²) in [6.45, 7) is 3.06. The Bertz CT molecular complexity index is 610. The minimum absolute atomic E-state index is 0.00973. The molecule has 2 N–H and O–H groups in total. The maximum absolute atomic E-state index is 13.3. The number of halogens is 1. The van der Waals surface area contributed by atoms with Crippen LogP contribution in [0.1, 0.15) is 44.2 Å². The Morgan fingerprint density at radius 1 is 1.21 bits per heavy atom. The number of nitrogens with zero attached hydrogens (tertiary/aromatic N) is 1. The topological polar surface area (TPSA) is 61.4 Å². The van der Waals surface area contributed by atoms with Crippen LogP contribution in [0, 0.1) is 11.7 Å². The van der Waals surface area contributed by atoms with E-state index in [9.17, 15) is 14.0 Å². The molecule has 1 atom stereocenters. The number of rotatable bonds is 4. The first-order valence-electron chi connectivity index (χ1n) is 8.64. The number of hydrogen-bond donors (Lipinski definition) is 2. The van der Waals surface area contributed by atoms with Crippen LogP contribution in [0.5, 0.6) is 0 Å². The number of nitrogens with one attached hydrogen (secondary N) is 2. The third-order valence-electron chi connectivity index (χ3n) is 4.77.